The van der Waals surface area contributed by atoms with Gasteiger partial charge in [0.1, 0.15) is 5.75 Å². The Hall–Kier alpha value is -2.47. The van der Waals surface area contributed by atoms with E-state index in [9.17, 15) is 9.59 Å². The summed E-state index contributed by atoms with van der Waals surface area (Å²) in [6.07, 6.45) is 1.82. The van der Waals surface area contributed by atoms with Crippen LogP contribution in [0.5, 0.6) is 5.75 Å². The molecule has 0 saturated heterocycles. The lowest BCUT2D eigenvalue weighted by atomic mass is 9.97. The second-order valence-corrected chi connectivity index (χ2v) is 14.6. The van der Waals surface area contributed by atoms with Gasteiger partial charge in [0, 0.05) is 11.5 Å². The van der Waals surface area contributed by atoms with E-state index in [-0.39, 0.29) is 23.7 Å². The molecule has 0 bridgehead atoms. The highest BCUT2D eigenvalue weighted by Crippen LogP contribution is 2.35. The molecule has 1 aromatic carbocycles. The second-order valence-electron chi connectivity index (χ2n) is 9.46. The zero-order valence-corrected chi connectivity index (χ0v) is 21.0. The van der Waals surface area contributed by atoms with Gasteiger partial charge in [0.05, 0.1) is 17.6 Å². The van der Waals surface area contributed by atoms with Crippen molar-refractivity contribution in [3.8, 4) is 5.75 Å². The van der Waals surface area contributed by atoms with Crippen LogP contribution in [0.25, 0.3) is 0 Å². The van der Waals surface area contributed by atoms with E-state index in [1.165, 1.54) is 0 Å². The molecule has 0 aliphatic carbocycles. The first-order valence-electron chi connectivity index (χ1n) is 10.9. The van der Waals surface area contributed by atoms with Crippen LogP contribution in [0, 0.1) is 5.41 Å². The summed E-state index contributed by atoms with van der Waals surface area (Å²) >= 11 is 0. The summed E-state index contributed by atoms with van der Waals surface area (Å²) in [5.41, 5.74) is 0.256. The van der Waals surface area contributed by atoms with Crippen LogP contribution in [0.15, 0.2) is 42.6 Å². The molecule has 0 amide bonds. The van der Waals surface area contributed by atoms with E-state index in [1.807, 2.05) is 45.2 Å². The minimum atomic E-state index is -2.49. The standard InChI is InChI=1S/C25H35NO4Si/c1-9-29-23(27)19-13-14-21(20(16-19)30-24(28)25(6,7)8)31(17(2)3,18(4)5)22-12-10-11-15-26-22/h10-18H,9H2,1-8H3. The number of aromatic nitrogens is 1. The van der Waals surface area contributed by atoms with Gasteiger partial charge in [0.15, 0.2) is 8.07 Å². The number of carbonyl (C=O) groups excluding carboxylic acids is 2. The van der Waals surface area contributed by atoms with Crippen LogP contribution in [0.3, 0.4) is 0 Å². The number of carbonyl (C=O) groups is 2. The number of esters is 2. The highest BCUT2D eigenvalue weighted by Gasteiger charge is 2.47. The first kappa shape index (κ1) is 24.8. The summed E-state index contributed by atoms with van der Waals surface area (Å²) < 4.78 is 11.1. The van der Waals surface area contributed by atoms with Crippen molar-refractivity contribution in [3.05, 3.63) is 48.2 Å². The molecule has 0 atom stereocenters. The number of hydrogen-bond donors (Lipinski definition) is 0. The van der Waals surface area contributed by atoms with Crippen molar-refractivity contribution in [1.29, 1.82) is 0 Å². The maximum absolute atomic E-state index is 12.9. The zero-order chi connectivity index (χ0) is 23.4. The molecule has 5 nitrogen and oxygen atoms in total. The third-order valence-electron chi connectivity index (χ3n) is 5.66. The maximum Gasteiger partial charge on any atom is 0.338 e. The average molecular weight is 442 g/mol. The van der Waals surface area contributed by atoms with E-state index in [1.54, 1.807) is 19.1 Å². The molecule has 0 spiro atoms. The monoisotopic (exact) mass is 441 g/mol. The van der Waals surface area contributed by atoms with Crippen molar-refractivity contribution in [2.45, 2.75) is 66.5 Å². The van der Waals surface area contributed by atoms with Gasteiger partial charge in [-0.15, -0.1) is 0 Å². The minimum absolute atomic E-state index is 0.280. The largest absolute Gasteiger partial charge is 0.462 e. The van der Waals surface area contributed by atoms with Crippen molar-refractivity contribution in [3.63, 3.8) is 0 Å². The van der Waals surface area contributed by atoms with Gasteiger partial charge in [-0.25, -0.2) is 4.79 Å². The lowest BCUT2D eigenvalue weighted by molar-refractivity contribution is -0.142. The van der Waals surface area contributed by atoms with Crippen LogP contribution >= 0.6 is 0 Å². The van der Waals surface area contributed by atoms with Gasteiger partial charge in [0.2, 0.25) is 0 Å². The normalized spacial score (nSPS) is 12.2. The van der Waals surface area contributed by atoms with Gasteiger partial charge in [-0.3, -0.25) is 9.78 Å². The second kappa shape index (κ2) is 9.77. The minimum Gasteiger partial charge on any atom is -0.462 e. The summed E-state index contributed by atoms with van der Waals surface area (Å²) in [6, 6.07) is 11.4. The van der Waals surface area contributed by atoms with E-state index in [2.05, 4.69) is 33.8 Å². The number of pyridine rings is 1. The Kier molecular flexibility index (Phi) is 7.81. The van der Waals surface area contributed by atoms with Crippen molar-refractivity contribution in [2.24, 2.45) is 5.41 Å². The Morgan fingerprint density at radius 1 is 1.03 bits per heavy atom. The van der Waals surface area contributed by atoms with Crippen LogP contribution < -0.4 is 15.2 Å². The number of nitrogens with zero attached hydrogens (tertiary/aromatic N) is 1. The molecular formula is C25H35NO4Si. The smallest absolute Gasteiger partial charge is 0.338 e. The number of benzene rings is 1. The third kappa shape index (κ3) is 5.06. The Balaban J connectivity index is 2.81. The molecule has 31 heavy (non-hydrogen) atoms. The Morgan fingerprint density at radius 3 is 2.16 bits per heavy atom. The first-order valence-corrected chi connectivity index (χ1v) is 13.1. The molecule has 168 valence electrons. The maximum atomic E-state index is 12.9. The van der Waals surface area contributed by atoms with E-state index >= 15 is 0 Å². The SMILES string of the molecule is CCOC(=O)c1ccc([Si](c2ccccn2)(C(C)C)C(C)C)c(OC(=O)C(C)(C)C)c1. The molecule has 6 heteroatoms. The predicted octanol–water partition coefficient (Wildman–Crippen LogP) is 4.59. The summed E-state index contributed by atoms with van der Waals surface area (Å²) in [5.74, 6) is -0.335. The van der Waals surface area contributed by atoms with Gasteiger partial charge in [-0.05, 0) is 68.2 Å². The lowest BCUT2D eigenvalue weighted by Gasteiger charge is -2.40. The fraction of sp³-hybridized carbons (Fsp3) is 0.480. The molecule has 0 radical (unpaired) electrons. The molecular weight excluding hydrogens is 406 g/mol. The topological polar surface area (TPSA) is 65.5 Å². The van der Waals surface area contributed by atoms with E-state index < -0.39 is 19.5 Å². The van der Waals surface area contributed by atoms with Crippen LogP contribution in [0.1, 0.15) is 65.7 Å². The van der Waals surface area contributed by atoms with E-state index in [0.717, 1.165) is 10.5 Å². The van der Waals surface area contributed by atoms with Gasteiger partial charge < -0.3 is 9.47 Å². The highest BCUT2D eigenvalue weighted by atomic mass is 28.3. The summed E-state index contributed by atoms with van der Waals surface area (Å²) in [7, 11) is -2.49. The Bertz CT molecular complexity index is 909. The van der Waals surface area contributed by atoms with Crippen LogP contribution in [-0.4, -0.2) is 31.6 Å². The third-order valence-corrected chi connectivity index (χ3v) is 11.8. The van der Waals surface area contributed by atoms with Gasteiger partial charge in [-0.2, -0.15) is 0 Å². The molecule has 0 aliphatic rings. The van der Waals surface area contributed by atoms with Crippen LogP contribution in [0.2, 0.25) is 11.1 Å². The average Bonchev–Trinajstić information content (AvgIpc) is 2.69. The number of rotatable bonds is 7. The molecule has 0 fully saturated rings. The zero-order valence-electron chi connectivity index (χ0n) is 20.0. The van der Waals surface area contributed by atoms with Crippen molar-refractivity contribution >= 4 is 30.5 Å². The van der Waals surface area contributed by atoms with Crippen molar-refractivity contribution < 1.29 is 19.1 Å². The number of hydrogen-bond acceptors (Lipinski definition) is 5. The molecule has 2 rings (SSSR count). The van der Waals surface area contributed by atoms with Crippen molar-refractivity contribution in [1.82, 2.24) is 4.98 Å². The van der Waals surface area contributed by atoms with Crippen molar-refractivity contribution in [2.75, 3.05) is 6.61 Å². The van der Waals surface area contributed by atoms with Gasteiger partial charge in [-0.1, -0.05) is 39.8 Å². The molecule has 0 aliphatic heterocycles. The van der Waals surface area contributed by atoms with E-state index in [0.29, 0.717) is 11.3 Å². The van der Waals surface area contributed by atoms with Gasteiger partial charge in [0.25, 0.3) is 0 Å². The lowest BCUT2D eigenvalue weighted by Crippen LogP contribution is -2.64. The molecule has 2 aromatic rings. The predicted molar refractivity (Wildman–Crippen MR) is 127 cm³/mol. The molecule has 0 unspecified atom stereocenters. The Morgan fingerprint density at radius 2 is 1.68 bits per heavy atom. The van der Waals surface area contributed by atoms with Gasteiger partial charge >= 0.3 is 11.9 Å². The fourth-order valence-electron chi connectivity index (χ4n) is 4.17. The molecule has 0 N–H and O–H groups in total. The van der Waals surface area contributed by atoms with Crippen LogP contribution in [-0.2, 0) is 9.53 Å². The molecule has 0 saturated carbocycles. The number of ether oxygens (including phenoxy) is 2. The fourth-order valence-corrected chi connectivity index (χ4v) is 9.76. The van der Waals surface area contributed by atoms with E-state index in [4.69, 9.17) is 14.5 Å². The van der Waals surface area contributed by atoms with Crippen LogP contribution in [0.4, 0.5) is 0 Å². The quantitative estimate of drug-likeness (QED) is 0.357. The Labute approximate surface area is 187 Å². The molecule has 1 aromatic heterocycles. The summed E-state index contributed by atoms with van der Waals surface area (Å²) in [4.78, 5) is 30.0. The highest BCUT2D eigenvalue weighted by molar-refractivity contribution is 7.04. The molecule has 1 heterocycles. The first-order chi connectivity index (χ1) is 14.5. The summed E-state index contributed by atoms with van der Waals surface area (Å²) in [6.45, 7) is 16.3. The summed E-state index contributed by atoms with van der Waals surface area (Å²) in [5, 5.41) is 2.01.